The van der Waals surface area contributed by atoms with Crippen LogP contribution in [0.4, 0.5) is 11.4 Å². The average molecular weight is 423 g/mol. The van der Waals surface area contributed by atoms with Gasteiger partial charge in [0.05, 0.1) is 31.6 Å². The van der Waals surface area contributed by atoms with Crippen LogP contribution in [0.25, 0.3) is 0 Å². The highest BCUT2D eigenvalue weighted by atomic mass is 16.5. The molecule has 2 aliphatic rings. The summed E-state index contributed by atoms with van der Waals surface area (Å²) in [4.78, 5) is 13.4. The third-order valence-electron chi connectivity index (χ3n) is 6.26. The lowest BCUT2D eigenvalue weighted by Gasteiger charge is -2.34. The number of phenols is 1. The van der Waals surface area contributed by atoms with E-state index in [1.165, 1.54) is 25.3 Å². The van der Waals surface area contributed by atoms with Gasteiger partial charge in [-0.15, -0.1) is 0 Å². The molecule has 0 fully saturated rings. The number of hydrogen-bond donors (Lipinski definition) is 3. The molecule has 6 nitrogen and oxygen atoms in total. The van der Waals surface area contributed by atoms with Gasteiger partial charge >= 0.3 is 0 Å². The molecule has 0 amide bonds. The third-order valence-corrected chi connectivity index (χ3v) is 6.26. The number of allylic oxidation sites excluding steroid dienone is 1. The topological polar surface area (TPSA) is 79.8 Å². The van der Waals surface area contributed by atoms with Gasteiger partial charge in [-0.1, -0.05) is 13.8 Å². The van der Waals surface area contributed by atoms with Crippen molar-refractivity contribution in [1.82, 2.24) is 0 Å². The number of methoxy groups -OCH3 is 2. The van der Waals surface area contributed by atoms with E-state index in [4.69, 9.17) is 9.47 Å². The highest BCUT2D eigenvalue weighted by Crippen LogP contribution is 2.48. The van der Waals surface area contributed by atoms with Gasteiger partial charge in [-0.2, -0.15) is 0 Å². The van der Waals surface area contributed by atoms with E-state index in [-0.39, 0.29) is 16.9 Å². The number of phenolic OH excluding ortho intramolecular Hbond substituents is 1. The number of rotatable bonds is 3. The first kappa shape index (κ1) is 21.1. The molecule has 0 radical (unpaired) electrons. The molecular weight excluding hydrogens is 392 g/mol. The molecule has 164 valence electrons. The number of ether oxygens (including phenoxy) is 2. The fraction of sp³-hybridized carbons (Fsp3) is 0.400. The molecule has 1 atom stereocenters. The summed E-state index contributed by atoms with van der Waals surface area (Å²) in [6.45, 7) is 8.40. The van der Waals surface area contributed by atoms with Crippen LogP contribution in [0.15, 0.2) is 35.5 Å². The predicted molar refractivity (Wildman–Crippen MR) is 122 cm³/mol. The summed E-state index contributed by atoms with van der Waals surface area (Å²) in [7, 11) is 3.00. The van der Waals surface area contributed by atoms with Crippen molar-refractivity contribution in [3.05, 3.63) is 52.2 Å². The molecule has 0 spiro atoms. The van der Waals surface area contributed by atoms with Gasteiger partial charge in [-0.25, -0.2) is 0 Å². The molecule has 0 saturated carbocycles. The lowest BCUT2D eigenvalue weighted by molar-refractivity contribution is -0.118. The number of carbonyl (C=O) groups excluding carboxylic acids is 1. The summed E-state index contributed by atoms with van der Waals surface area (Å²) in [6.07, 6.45) is 1.25. The van der Waals surface area contributed by atoms with E-state index in [2.05, 4.69) is 50.5 Å². The Morgan fingerprint density at radius 1 is 0.968 bits per heavy atom. The van der Waals surface area contributed by atoms with Gasteiger partial charge in [-0.05, 0) is 66.6 Å². The molecule has 1 aliphatic heterocycles. The first-order chi connectivity index (χ1) is 14.6. The van der Waals surface area contributed by atoms with E-state index in [0.29, 0.717) is 17.9 Å². The fourth-order valence-electron chi connectivity index (χ4n) is 4.54. The minimum absolute atomic E-state index is 0.0577. The van der Waals surface area contributed by atoms with Gasteiger partial charge in [0.25, 0.3) is 0 Å². The SMILES string of the molecule is COc1cc([C@H]2Nc3cc(C)c(C)cc3NC3=C2C(=O)CC(C)(C)C3)cc(OC)c1O. The van der Waals surface area contributed by atoms with E-state index in [1.807, 2.05) is 0 Å². The molecule has 1 aliphatic carbocycles. The maximum Gasteiger partial charge on any atom is 0.200 e. The van der Waals surface area contributed by atoms with Gasteiger partial charge in [0, 0.05) is 17.7 Å². The van der Waals surface area contributed by atoms with Crippen LogP contribution >= 0.6 is 0 Å². The number of hydrogen-bond acceptors (Lipinski definition) is 6. The maximum atomic E-state index is 13.4. The Balaban J connectivity index is 1.94. The van der Waals surface area contributed by atoms with Gasteiger partial charge in [0.15, 0.2) is 17.3 Å². The Kier molecular flexibility index (Phi) is 5.12. The minimum atomic E-state index is -0.405. The molecule has 6 heteroatoms. The predicted octanol–water partition coefficient (Wildman–Crippen LogP) is 5.25. The molecule has 4 rings (SSSR count). The maximum absolute atomic E-state index is 13.4. The average Bonchev–Trinajstić information content (AvgIpc) is 2.84. The molecule has 3 N–H and O–H groups in total. The molecule has 0 bridgehead atoms. The van der Waals surface area contributed by atoms with Crippen LogP contribution in [0.2, 0.25) is 0 Å². The van der Waals surface area contributed by atoms with Crippen LogP contribution < -0.4 is 20.1 Å². The summed E-state index contributed by atoms with van der Waals surface area (Å²) in [6, 6.07) is 7.35. The number of nitrogens with one attached hydrogen (secondary N) is 2. The van der Waals surface area contributed by atoms with Crippen LogP contribution in [0, 0.1) is 19.3 Å². The second-order valence-electron chi connectivity index (χ2n) is 9.29. The molecule has 2 aromatic carbocycles. The number of anilines is 2. The highest BCUT2D eigenvalue weighted by Gasteiger charge is 2.39. The molecule has 0 saturated heterocycles. The Hall–Kier alpha value is -3.15. The van der Waals surface area contributed by atoms with Gasteiger partial charge < -0.3 is 25.2 Å². The summed E-state index contributed by atoms with van der Waals surface area (Å²) < 4.78 is 10.8. The second kappa shape index (κ2) is 7.52. The summed E-state index contributed by atoms with van der Waals surface area (Å²) >= 11 is 0. The van der Waals surface area contributed by atoms with Crippen LogP contribution in [0.1, 0.15) is 49.4 Å². The highest BCUT2D eigenvalue weighted by molar-refractivity contribution is 6.01. The number of carbonyl (C=O) groups is 1. The second-order valence-corrected chi connectivity index (χ2v) is 9.29. The number of fused-ring (bicyclic) bond motifs is 1. The zero-order chi connectivity index (χ0) is 22.5. The standard InChI is InChI=1S/C25H30N2O4/c1-13-7-16-17(8-14(13)2)27-23(15-9-20(30-5)24(29)21(10-15)31-6)22-18(26-16)11-25(3,4)12-19(22)28/h7-10,23,26-27,29H,11-12H2,1-6H3/t23-/m1/s1. The summed E-state index contributed by atoms with van der Waals surface area (Å²) in [5.41, 5.74) is 6.57. The van der Waals surface area contributed by atoms with Crippen molar-refractivity contribution in [1.29, 1.82) is 0 Å². The molecular formula is C25H30N2O4. The zero-order valence-corrected chi connectivity index (χ0v) is 19.0. The normalized spacial score (nSPS) is 19.5. The van der Waals surface area contributed by atoms with Crippen molar-refractivity contribution >= 4 is 17.2 Å². The number of benzene rings is 2. The molecule has 1 heterocycles. The van der Waals surface area contributed by atoms with Crippen LogP contribution in [-0.4, -0.2) is 25.1 Å². The summed E-state index contributed by atoms with van der Waals surface area (Å²) in [5, 5.41) is 17.5. The molecule has 0 aromatic heterocycles. The first-order valence-corrected chi connectivity index (χ1v) is 10.5. The number of aryl methyl sites for hydroxylation is 2. The van der Waals surface area contributed by atoms with Crippen molar-refractivity contribution in [2.75, 3.05) is 24.9 Å². The van der Waals surface area contributed by atoms with E-state index in [9.17, 15) is 9.90 Å². The minimum Gasteiger partial charge on any atom is -0.502 e. The first-order valence-electron chi connectivity index (χ1n) is 10.5. The lowest BCUT2D eigenvalue weighted by atomic mass is 9.73. The van der Waals surface area contributed by atoms with Crippen molar-refractivity contribution in [2.45, 2.75) is 46.6 Å². The number of ketones is 1. The Bertz CT molecular complexity index is 1080. The van der Waals surface area contributed by atoms with E-state index < -0.39 is 6.04 Å². The van der Waals surface area contributed by atoms with Gasteiger partial charge in [0.2, 0.25) is 5.75 Å². The Morgan fingerprint density at radius 3 is 2.13 bits per heavy atom. The zero-order valence-electron chi connectivity index (χ0n) is 19.0. The van der Waals surface area contributed by atoms with Crippen molar-refractivity contribution < 1.29 is 19.4 Å². The van der Waals surface area contributed by atoms with Crippen LogP contribution in [0.5, 0.6) is 17.2 Å². The summed E-state index contributed by atoms with van der Waals surface area (Å²) in [5.74, 6) is 0.667. The largest absolute Gasteiger partial charge is 0.502 e. The molecule has 31 heavy (non-hydrogen) atoms. The molecule has 0 unspecified atom stereocenters. The monoisotopic (exact) mass is 422 g/mol. The van der Waals surface area contributed by atoms with E-state index >= 15 is 0 Å². The van der Waals surface area contributed by atoms with Crippen LogP contribution in [-0.2, 0) is 4.79 Å². The fourth-order valence-corrected chi connectivity index (χ4v) is 4.54. The van der Waals surface area contributed by atoms with Crippen molar-refractivity contribution in [3.63, 3.8) is 0 Å². The van der Waals surface area contributed by atoms with E-state index in [1.54, 1.807) is 12.1 Å². The smallest absolute Gasteiger partial charge is 0.200 e. The third kappa shape index (κ3) is 3.71. The van der Waals surface area contributed by atoms with Gasteiger partial charge in [0.1, 0.15) is 0 Å². The van der Waals surface area contributed by atoms with Crippen molar-refractivity contribution in [2.24, 2.45) is 5.41 Å². The number of aromatic hydroxyl groups is 1. The van der Waals surface area contributed by atoms with Gasteiger partial charge in [-0.3, -0.25) is 4.79 Å². The Morgan fingerprint density at radius 2 is 1.55 bits per heavy atom. The lowest BCUT2D eigenvalue weighted by Crippen LogP contribution is -2.31. The quantitative estimate of drug-likeness (QED) is 0.627. The Labute approximate surface area is 183 Å². The number of Topliss-reactive ketones (excluding diaryl/α,β-unsaturated/α-hetero) is 1. The van der Waals surface area contributed by atoms with Crippen LogP contribution in [0.3, 0.4) is 0 Å². The van der Waals surface area contributed by atoms with Crippen molar-refractivity contribution in [3.8, 4) is 17.2 Å². The molecule has 2 aromatic rings. The van der Waals surface area contributed by atoms with E-state index in [0.717, 1.165) is 34.6 Å².